The Kier molecular flexibility index (Phi) is 3.00. The van der Waals surface area contributed by atoms with Gasteiger partial charge in [0.25, 0.3) is 12.5 Å². The quantitative estimate of drug-likeness (QED) is 0.382. The summed E-state index contributed by atoms with van der Waals surface area (Å²) in [4.78, 5) is 0. The maximum atomic E-state index is 11.5. The van der Waals surface area contributed by atoms with Crippen molar-refractivity contribution >= 4 is 0 Å². The van der Waals surface area contributed by atoms with Crippen molar-refractivity contribution in [2.45, 2.75) is 6.54 Å². The first-order valence-corrected chi connectivity index (χ1v) is 1.55. The Balaban J connectivity index is 3.25. The number of nitrogens with zero attached hydrogens (tertiary/aromatic N) is 2. The Hall–Kier alpha value is -1.49. The summed E-state index contributed by atoms with van der Waals surface area (Å²) in [5, 5.41) is 15.1. The van der Waals surface area contributed by atoms with Gasteiger partial charge >= 0.3 is 6.54 Å². The molecule has 42 valence electrons. The third-order valence-electron chi connectivity index (χ3n) is 0.291. The van der Waals surface area contributed by atoms with Gasteiger partial charge in [0.2, 0.25) is 0 Å². The molecule has 8 heavy (non-hydrogen) atoms. The number of rotatable bonds is 2. The molecule has 0 saturated carbocycles. The van der Waals surface area contributed by atoms with Gasteiger partial charge in [-0.1, -0.05) is 0 Å². The van der Waals surface area contributed by atoms with Crippen molar-refractivity contribution in [1.29, 1.82) is 10.5 Å². The lowest BCUT2D eigenvalue weighted by Gasteiger charge is -1.95. The van der Waals surface area contributed by atoms with Crippen LogP contribution in [-0.4, -0.2) is 6.54 Å². The number of alkyl halides is 1. The van der Waals surface area contributed by atoms with E-state index in [9.17, 15) is 4.39 Å². The molecule has 4 nitrogen and oxygen atoms in total. The summed E-state index contributed by atoms with van der Waals surface area (Å²) in [5.41, 5.74) is 0. The van der Waals surface area contributed by atoms with E-state index in [0.29, 0.717) is 0 Å². The zero-order valence-electron chi connectivity index (χ0n) is 3.67. The largest absolute Gasteiger partial charge is 0.415 e. The fourth-order valence-corrected chi connectivity index (χ4v) is 0.107. The van der Waals surface area contributed by atoms with Gasteiger partial charge in [0, 0.05) is 0 Å². The van der Waals surface area contributed by atoms with Gasteiger partial charge < -0.3 is 9.47 Å². The van der Waals surface area contributed by atoms with Gasteiger partial charge in [-0.15, -0.1) is 0 Å². The average Bonchev–Trinajstić information content (AvgIpc) is 1.68. The van der Waals surface area contributed by atoms with Crippen LogP contribution in [0.5, 0.6) is 0 Å². The SMILES string of the molecule is N#COC(F)OC#N. The monoisotopic (exact) mass is 116 g/mol. The van der Waals surface area contributed by atoms with Gasteiger partial charge in [-0.25, -0.2) is 0 Å². The molecule has 0 radical (unpaired) electrons. The first-order valence-electron chi connectivity index (χ1n) is 1.55. The normalized spacial score (nSPS) is 7.00. The number of nitriles is 2. The third kappa shape index (κ3) is 2.73. The molecule has 5 heteroatoms. The second-order valence-corrected chi connectivity index (χ2v) is 0.693. The molecule has 0 heterocycles. The zero-order chi connectivity index (χ0) is 6.41. The maximum Gasteiger partial charge on any atom is 0.415 e. The second kappa shape index (κ2) is 3.69. The lowest BCUT2D eigenvalue weighted by molar-refractivity contribution is -0.139. The van der Waals surface area contributed by atoms with Crippen LogP contribution in [0.3, 0.4) is 0 Å². The minimum atomic E-state index is -2.26. The third-order valence-corrected chi connectivity index (χ3v) is 0.291. The van der Waals surface area contributed by atoms with Crippen LogP contribution in [0.25, 0.3) is 0 Å². The molecular formula is C3HFN2O2. The molecule has 0 spiro atoms. The fourth-order valence-electron chi connectivity index (χ4n) is 0.107. The van der Waals surface area contributed by atoms with Gasteiger partial charge in [-0.3, -0.25) is 0 Å². The van der Waals surface area contributed by atoms with Gasteiger partial charge in [-0.05, 0) is 0 Å². The molecule has 0 aromatic rings. The minimum absolute atomic E-state index is 1.00. The van der Waals surface area contributed by atoms with Crippen molar-refractivity contribution in [3.05, 3.63) is 0 Å². The topological polar surface area (TPSA) is 66.0 Å². The van der Waals surface area contributed by atoms with E-state index in [4.69, 9.17) is 10.5 Å². The zero-order valence-corrected chi connectivity index (χ0v) is 3.67. The van der Waals surface area contributed by atoms with Crippen LogP contribution in [0.1, 0.15) is 0 Å². The van der Waals surface area contributed by atoms with Gasteiger partial charge in [0.1, 0.15) is 0 Å². The second-order valence-electron chi connectivity index (χ2n) is 0.693. The standard InChI is InChI=1S/C3HFN2O2/c4-3(7-1-5)8-2-6/h3H. The van der Waals surface area contributed by atoms with Crippen LogP contribution >= 0.6 is 0 Å². The van der Waals surface area contributed by atoms with Gasteiger partial charge in [0.05, 0.1) is 0 Å². The summed E-state index contributed by atoms with van der Waals surface area (Å²) in [6.07, 6.45) is 2.00. The number of halogens is 1. The number of hydrogen-bond donors (Lipinski definition) is 0. The number of hydrogen-bond acceptors (Lipinski definition) is 4. The minimum Gasteiger partial charge on any atom is -0.354 e. The Morgan fingerprint density at radius 2 is 1.62 bits per heavy atom. The summed E-state index contributed by atoms with van der Waals surface area (Å²) < 4.78 is 18.5. The Morgan fingerprint density at radius 1 is 1.25 bits per heavy atom. The molecule has 0 atom stereocenters. The molecule has 0 rings (SSSR count). The maximum absolute atomic E-state index is 11.5. The van der Waals surface area contributed by atoms with Crippen LogP contribution < -0.4 is 0 Å². The van der Waals surface area contributed by atoms with E-state index in [-0.39, 0.29) is 0 Å². The number of ether oxygens (including phenoxy) is 2. The van der Waals surface area contributed by atoms with Crippen LogP contribution in [0, 0.1) is 23.0 Å². The highest BCUT2D eigenvalue weighted by Gasteiger charge is 2.02. The van der Waals surface area contributed by atoms with Crippen molar-refractivity contribution in [2.75, 3.05) is 0 Å². The molecule has 0 aliphatic carbocycles. The van der Waals surface area contributed by atoms with Crippen LogP contribution in [0.15, 0.2) is 0 Å². The summed E-state index contributed by atoms with van der Waals surface area (Å²) >= 11 is 0. The van der Waals surface area contributed by atoms with Crippen LogP contribution in [-0.2, 0) is 9.47 Å². The molecule has 0 N–H and O–H groups in total. The lowest BCUT2D eigenvalue weighted by Crippen LogP contribution is -2.02. The predicted molar refractivity (Wildman–Crippen MR) is 18.3 cm³/mol. The lowest BCUT2D eigenvalue weighted by atomic mass is 11.3. The highest BCUT2D eigenvalue weighted by atomic mass is 19.2. The summed E-state index contributed by atoms with van der Waals surface area (Å²) in [6.45, 7) is -2.26. The fraction of sp³-hybridized carbons (Fsp3) is 0.333. The van der Waals surface area contributed by atoms with Crippen molar-refractivity contribution in [2.24, 2.45) is 0 Å². The molecule has 0 unspecified atom stereocenters. The molecule has 0 amide bonds. The van der Waals surface area contributed by atoms with Crippen molar-refractivity contribution in [3.8, 4) is 12.5 Å². The van der Waals surface area contributed by atoms with E-state index < -0.39 is 6.54 Å². The summed E-state index contributed by atoms with van der Waals surface area (Å²) in [7, 11) is 0. The smallest absolute Gasteiger partial charge is 0.354 e. The van der Waals surface area contributed by atoms with Crippen molar-refractivity contribution in [3.63, 3.8) is 0 Å². The van der Waals surface area contributed by atoms with Gasteiger partial charge in [0.15, 0.2) is 0 Å². The summed E-state index contributed by atoms with van der Waals surface area (Å²) in [6, 6.07) is 0. The van der Waals surface area contributed by atoms with E-state index >= 15 is 0 Å². The highest BCUT2D eigenvalue weighted by molar-refractivity contribution is 4.50. The molecule has 0 fully saturated rings. The van der Waals surface area contributed by atoms with E-state index in [1.807, 2.05) is 0 Å². The van der Waals surface area contributed by atoms with E-state index in [1.165, 1.54) is 0 Å². The molecule has 0 bridgehead atoms. The van der Waals surface area contributed by atoms with Crippen molar-refractivity contribution < 1.29 is 13.9 Å². The highest BCUT2D eigenvalue weighted by Crippen LogP contribution is 1.91. The Labute approximate surface area is 44.6 Å². The molecule has 0 saturated heterocycles. The molecule has 0 aliphatic heterocycles. The van der Waals surface area contributed by atoms with Crippen LogP contribution in [0.4, 0.5) is 4.39 Å². The van der Waals surface area contributed by atoms with Crippen LogP contribution in [0.2, 0.25) is 0 Å². The van der Waals surface area contributed by atoms with Crippen molar-refractivity contribution in [1.82, 2.24) is 0 Å². The van der Waals surface area contributed by atoms with E-state index in [0.717, 1.165) is 12.5 Å². The summed E-state index contributed by atoms with van der Waals surface area (Å²) in [5.74, 6) is 0. The van der Waals surface area contributed by atoms with E-state index in [1.54, 1.807) is 0 Å². The Morgan fingerprint density at radius 3 is 1.88 bits per heavy atom. The average molecular weight is 116 g/mol. The molecule has 0 aliphatic rings. The predicted octanol–water partition coefficient (Wildman–Crippen LogP) is 0.235. The van der Waals surface area contributed by atoms with Gasteiger partial charge in [-0.2, -0.15) is 14.9 Å². The first-order chi connectivity index (χ1) is 3.81. The molecule has 0 aromatic carbocycles. The first kappa shape index (κ1) is 6.51. The molecule has 0 aromatic heterocycles. The molecular weight excluding hydrogens is 115 g/mol. The Bertz CT molecular complexity index is 119. The van der Waals surface area contributed by atoms with E-state index in [2.05, 4.69) is 9.47 Å².